The SMILES string of the molecule is c1cc(C[SiH2]Cc2cccc(-p3ccc4ccccc43)c2)cc(-p2ccc3ccccc32)c1. The number of benzene rings is 4. The maximum absolute atomic E-state index is 2.48. The van der Waals surface area contributed by atoms with Gasteiger partial charge < -0.3 is 0 Å². The second-order valence-corrected chi connectivity index (χ2v) is 14.5. The minimum absolute atomic E-state index is 0.200. The molecule has 4 aromatic carbocycles. The summed E-state index contributed by atoms with van der Waals surface area (Å²) in [6.45, 7) is 0. The Bertz CT molecular complexity index is 1440. The first-order valence-electron chi connectivity index (χ1n) is 11.7. The van der Waals surface area contributed by atoms with E-state index in [1.165, 1.54) is 54.8 Å². The van der Waals surface area contributed by atoms with E-state index in [0.29, 0.717) is 0 Å². The topological polar surface area (TPSA) is 0 Å². The van der Waals surface area contributed by atoms with E-state index in [4.69, 9.17) is 0 Å². The van der Waals surface area contributed by atoms with Crippen LogP contribution in [0.4, 0.5) is 0 Å². The molecule has 33 heavy (non-hydrogen) atoms. The zero-order chi connectivity index (χ0) is 22.0. The Morgan fingerprint density at radius 2 is 0.970 bits per heavy atom. The standard InChI is InChI=1S/C30H26P2Si/c1-3-13-29-25(9-1)15-17-31(29)27-11-5-7-23(19-27)21-33-22-24-8-6-12-28(20-24)32-18-16-26-10-2-4-14-30(26)32/h1-20H,21-22,33H2. The molecule has 6 rings (SSSR count). The third-order valence-electron chi connectivity index (χ3n) is 6.51. The van der Waals surface area contributed by atoms with Crippen molar-refractivity contribution in [2.24, 2.45) is 0 Å². The van der Waals surface area contributed by atoms with Gasteiger partial charge in [0.25, 0.3) is 0 Å². The van der Waals surface area contributed by atoms with E-state index in [-0.39, 0.29) is 24.6 Å². The fourth-order valence-electron chi connectivity index (χ4n) is 4.84. The Morgan fingerprint density at radius 3 is 1.48 bits per heavy atom. The minimum Gasteiger partial charge on any atom is -0.0853 e. The Hall–Kier alpha value is -2.82. The second kappa shape index (κ2) is 9.20. The monoisotopic (exact) mass is 476 g/mol. The van der Waals surface area contributed by atoms with Crippen molar-refractivity contribution in [3.8, 4) is 10.6 Å². The van der Waals surface area contributed by atoms with Gasteiger partial charge in [0, 0.05) is 19.8 Å². The molecule has 0 amide bonds. The van der Waals surface area contributed by atoms with E-state index in [2.05, 4.69) is 121 Å². The highest BCUT2D eigenvalue weighted by molar-refractivity contribution is 7.62. The van der Waals surface area contributed by atoms with Gasteiger partial charge in [0.05, 0.1) is 0 Å². The van der Waals surface area contributed by atoms with Crippen molar-refractivity contribution >= 4 is 45.6 Å². The van der Waals surface area contributed by atoms with Gasteiger partial charge in [-0.25, -0.2) is 0 Å². The number of rotatable bonds is 6. The molecule has 0 aliphatic rings. The molecule has 2 aromatic heterocycles. The molecule has 0 N–H and O–H groups in total. The largest absolute Gasteiger partial charge is 0.0853 e. The van der Waals surface area contributed by atoms with E-state index in [1.807, 2.05) is 0 Å². The van der Waals surface area contributed by atoms with Crippen LogP contribution in [0.5, 0.6) is 0 Å². The van der Waals surface area contributed by atoms with Crippen molar-refractivity contribution in [3.05, 3.63) is 132 Å². The van der Waals surface area contributed by atoms with Crippen LogP contribution in [0, 0.1) is 0 Å². The Morgan fingerprint density at radius 1 is 0.485 bits per heavy atom. The van der Waals surface area contributed by atoms with Crippen LogP contribution in [0.2, 0.25) is 0 Å². The molecule has 0 aliphatic carbocycles. The Balaban J connectivity index is 1.17. The lowest BCUT2D eigenvalue weighted by molar-refractivity contribution is 1.31. The Labute approximate surface area is 199 Å². The lowest BCUT2D eigenvalue weighted by Gasteiger charge is -2.08. The van der Waals surface area contributed by atoms with Gasteiger partial charge in [-0.15, -0.1) is 0 Å². The molecule has 0 saturated heterocycles. The van der Waals surface area contributed by atoms with Gasteiger partial charge in [0.2, 0.25) is 0 Å². The van der Waals surface area contributed by atoms with Crippen LogP contribution in [0.25, 0.3) is 31.6 Å². The van der Waals surface area contributed by atoms with Crippen LogP contribution in [-0.4, -0.2) is 9.52 Å². The zero-order valence-electron chi connectivity index (χ0n) is 18.6. The van der Waals surface area contributed by atoms with E-state index < -0.39 is 0 Å². The maximum Gasteiger partial charge on any atom is 0.0296 e. The summed E-state index contributed by atoms with van der Waals surface area (Å²) in [6.07, 6.45) is 0. The van der Waals surface area contributed by atoms with Crippen LogP contribution in [-0.2, 0) is 12.1 Å². The van der Waals surface area contributed by atoms with Crippen molar-refractivity contribution in [1.29, 1.82) is 0 Å². The molecule has 0 nitrogen and oxygen atoms in total. The Kier molecular flexibility index (Phi) is 5.79. The summed E-state index contributed by atoms with van der Waals surface area (Å²) in [4.78, 5) is 0. The van der Waals surface area contributed by atoms with E-state index in [0.717, 1.165) is 0 Å². The van der Waals surface area contributed by atoms with Crippen LogP contribution < -0.4 is 0 Å². The molecule has 3 heteroatoms. The third kappa shape index (κ3) is 4.25. The first kappa shape index (κ1) is 20.8. The molecule has 0 aliphatic heterocycles. The summed E-state index contributed by atoms with van der Waals surface area (Å²) < 4.78 is 0. The highest BCUT2D eigenvalue weighted by atomic mass is 31.1. The van der Waals surface area contributed by atoms with Crippen LogP contribution >= 0.6 is 15.1 Å². The molecule has 160 valence electrons. The van der Waals surface area contributed by atoms with E-state index >= 15 is 0 Å². The average molecular weight is 477 g/mol. The van der Waals surface area contributed by atoms with Gasteiger partial charge in [0.15, 0.2) is 0 Å². The van der Waals surface area contributed by atoms with Crippen LogP contribution in [0.15, 0.2) is 121 Å². The number of hydrogen-bond donors (Lipinski definition) is 0. The van der Waals surface area contributed by atoms with Gasteiger partial charge >= 0.3 is 0 Å². The predicted molar refractivity (Wildman–Crippen MR) is 152 cm³/mol. The van der Waals surface area contributed by atoms with E-state index in [9.17, 15) is 0 Å². The highest BCUT2D eigenvalue weighted by Gasteiger charge is 2.07. The van der Waals surface area contributed by atoms with Gasteiger partial charge in [-0.2, -0.15) is 0 Å². The number of fused-ring (bicyclic) bond motifs is 2. The highest BCUT2D eigenvalue weighted by Crippen LogP contribution is 2.48. The van der Waals surface area contributed by atoms with Gasteiger partial charge in [-0.3, -0.25) is 0 Å². The summed E-state index contributed by atoms with van der Waals surface area (Å²) in [5, 5.41) is 8.78. The average Bonchev–Trinajstić information content (AvgIpc) is 3.49. The molecule has 0 radical (unpaired) electrons. The molecule has 2 atom stereocenters. The molecule has 0 spiro atoms. The van der Waals surface area contributed by atoms with Crippen molar-refractivity contribution < 1.29 is 0 Å². The summed E-state index contributed by atoms with van der Waals surface area (Å²) >= 11 is 0. The molecule has 6 aromatic rings. The lowest BCUT2D eigenvalue weighted by atomic mass is 10.2. The van der Waals surface area contributed by atoms with Crippen molar-refractivity contribution in [1.82, 2.24) is 0 Å². The lowest BCUT2D eigenvalue weighted by Crippen LogP contribution is -2.01. The smallest absolute Gasteiger partial charge is 0.0296 e. The normalized spacial score (nSPS) is 12.8. The first-order valence-corrected chi connectivity index (χ1v) is 16.5. The molecular weight excluding hydrogens is 450 g/mol. The summed E-state index contributed by atoms with van der Waals surface area (Å²) in [7, 11) is -0.863. The fourth-order valence-corrected chi connectivity index (χ4v) is 10.7. The first-order chi connectivity index (χ1) is 16.3. The molecule has 2 unspecified atom stereocenters. The minimum atomic E-state index is -0.331. The summed E-state index contributed by atoms with van der Waals surface area (Å²) in [5.74, 6) is 4.83. The van der Waals surface area contributed by atoms with Crippen molar-refractivity contribution in [2.45, 2.75) is 12.1 Å². The van der Waals surface area contributed by atoms with Gasteiger partial charge in [-0.1, -0.05) is 111 Å². The quantitative estimate of drug-likeness (QED) is 0.211. The zero-order valence-corrected chi connectivity index (χ0v) is 21.8. The fraction of sp³-hybridized carbons (Fsp3) is 0.0667. The van der Waals surface area contributed by atoms with E-state index in [1.54, 1.807) is 0 Å². The van der Waals surface area contributed by atoms with Crippen LogP contribution in [0.1, 0.15) is 11.1 Å². The molecule has 2 heterocycles. The molecule has 0 bridgehead atoms. The number of hydrogen-bond acceptors (Lipinski definition) is 0. The van der Waals surface area contributed by atoms with Crippen molar-refractivity contribution in [2.75, 3.05) is 0 Å². The maximum atomic E-state index is 2.48. The molecular formula is C30H26P2Si. The molecule has 0 saturated carbocycles. The molecule has 0 fully saturated rings. The summed E-state index contributed by atoms with van der Waals surface area (Å²) in [5.41, 5.74) is 3.04. The van der Waals surface area contributed by atoms with Crippen LogP contribution in [0.3, 0.4) is 0 Å². The van der Waals surface area contributed by atoms with Gasteiger partial charge in [0.1, 0.15) is 0 Å². The summed E-state index contributed by atoms with van der Waals surface area (Å²) in [6, 6.07) is 43.6. The predicted octanol–water partition coefficient (Wildman–Crippen LogP) is 8.81. The van der Waals surface area contributed by atoms with Gasteiger partial charge in [-0.05, 0) is 69.3 Å². The van der Waals surface area contributed by atoms with Crippen molar-refractivity contribution in [3.63, 3.8) is 0 Å². The third-order valence-corrected chi connectivity index (χ3v) is 12.8. The second-order valence-electron chi connectivity index (χ2n) is 8.68.